The molecule has 0 aliphatic rings. The van der Waals surface area contributed by atoms with Gasteiger partial charge >= 0.3 is 0 Å². The summed E-state index contributed by atoms with van der Waals surface area (Å²) in [5.41, 5.74) is 0.329. The van der Waals surface area contributed by atoms with Gasteiger partial charge in [0.25, 0.3) is 0 Å². The van der Waals surface area contributed by atoms with E-state index in [0.717, 1.165) is 0 Å². The van der Waals surface area contributed by atoms with Gasteiger partial charge in [0.15, 0.2) is 17.3 Å². The molecule has 1 N–H and O–H groups in total. The maximum Gasteiger partial charge on any atom is 0.246 e. The molecule has 22 heavy (non-hydrogen) atoms. The van der Waals surface area contributed by atoms with Crippen molar-refractivity contribution in [3.05, 3.63) is 35.7 Å². The van der Waals surface area contributed by atoms with Crippen LogP contribution in [0.25, 0.3) is 0 Å². The van der Waals surface area contributed by atoms with Crippen LogP contribution in [0.4, 0.5) is 0 Å². The molecule has 0 aliphatic heterocycles. The Balaban J connectivity index is 1.94. The molecule has 0 saturated carbocycles. The van der Waals surface area contributed by atoms with Gasteiger partial charge in [-0.3, -0.25) is 0 Å². The summed E-state index contributed by atoms with van der Waals surface area (Å²) in [5, 5.41) is 3.64. The summed E-state index contributed by atoms with van der Waals surface area (Å²) in [6, 6.07) is 7.16. The van der Waals surface area contributed by atoms with E-state index in [1.807, 2.05) is 12.1 Å². The lowest BCUT2D eigenvalue weighted by atomic mass is 10.3. The molecule has 2 aromatic rings. The maximum absolute atomic E-state index is 12.2. The van der Waals surface area contributed by atoms with Crippen molar-refractivity contribution in [2.24, 2.45) is 0 Å². The lowest BCUT2D eigenvalue weighted by Crippen LogP contribution is -2.29. The van der Waals surface area contributed by atoms with Crippen molar-refractivity contribution in [2.45, 2.75) is 18.7 Å². The SMILES string of the molecule is COc1ccccc1OCCNS(=O)(=O)c1c(C)noc1C. The highest BCUT2D eigenvalue weighted by Gasteiger charge is 2.23. The number of sulfonamides is 1. The van der Waals surface area contributed by atoms with Crippen LogP contribution in [0.5, 0.6) is 11.5 Å². The summed E-state index contributed by atoms with van der Waals surface area (Å²) < 4.78 is 42.3. The molecule has 0 spiro atoms. The summed E-state index contributed by atoms with van der Waals surface area (Å²) in [6.45, 7) is 3.42. The van der Waals surface area contributed by atoms with Crippen LogP contribution in [0.15, 0.2) is 33.7 Å². The summed E-state index contributed by atoms with van der Waals surface area (Å²) >= 11 is 0. The first-order valence-electron chi connectivity index (χ1n) is 6.64. The van der Waals surface area contributed by atoms with Crippen molar-refractivity contribution in [1.82, 2.24) is 9.88 Å². The normalized spacial score (nSPS) is 11.4. The lowest BCUT2D eigenvalue weighted by molar-refractivity contribution is 0.298. The Hall–Kier alpha value is -2.06. The largest absolute Gasteiger partial charge is 0.493 e. The number of aryl methyl sites for hydroxylation is 2. The zero-order valence-electron chi connectivity index (χ0n) is 12.6. The van der Waals surface area contributed by atoms with Crippen LogP contribution < -0.4 is 14.2 Å². The number of nitrogens with zero attached hydrogens (tertiary/aromatic N) is 1. The van der Waals surface area contributed by atoms with Gasteiger partial charge in [-0.25, -0.2) is 13.1 Å². The monoisotopic (exact) mass is 326 g/mol. The van der Waals surface area contributed by atoms with Crippen molar-refractivity contribution in [1.29, 1.82) is 0 Å². The number of ether oxygens (including phenoxy) is 2. The van der Waals surface area contributed by atoms with Gasteiger partial charge in [-0.1, -0.05) is 17.3 Å². The minimum absolute atomic E-state index is 0.0739. The molecule has 1 heterocycles. The maximum atomic E-state index is 12.2. The number of hydrogen-bond donors (Lipinski definition) is 1. The fraction of sp³-hybridized carbons (Fsp3) is 0.357. The average Bonchev–Trinajstić information content (AvgIpc) is 2.84. The smallest absolute Gasteiger partial charge is 0.246 e. The molecule has 1 aromatic carbocycles. The van der Waals surface area contributed by atoms with Crippen molar-refractivity contribution >= 4 is 10.0 Å². The van der Waals surface area contributed by atoms with Gasteiger partial charge < -0.3 is 14.0 Å². The summed E-state index contributed by atoms with van der Waals surface area (Å²) in [5.74, 6) is 1.41. The Bertz CT molecular complexity index is 720. The van der Waals surface area contributed by atoms with Crippen LogP contribution in [-0.4, -0.2) is 33.8 Å². The van der Waals surface area contributed by atoms with Gasteiger partial charge in [0.2, 0.25) is 10.0 Å². The van der Waals surface area contributed by atoms with Crippen molar-refractivity contribution in [3.63, 3.8) is 0 Å². The average molecular weight is 326 g/mol. The van der Waals surface area contributed by atoms with Gasteiger partial charge in [0.05, 0.1) is 7.11 Å². The van der Waals surface area contributed by atoms with E-state index in [0.29, 0.717) is 17.2 Å². The third-order valence-electron chi connectivity index (χ3n) is 2.96. The number of nitrogens with one attached hydrogen (secondary N) is 1. The molecule has 0 aliphatic carbocycles. The minimum Gasteiger partial charge on any atom is -0.493 e. The Labute approximate surface area is 129 Å². The van der Waals surface area contributed by atoms with Gasteiger partial charge in [-0.2, -0.15) is 0 Å². The molecule has 8 heteroatoms. The van der Waals surface area contributed by atoms with E-state index < -0.39 is 10.0 Å². The molecule has 0 bridgehead atoms. The highest BCUT2D eigenvalue weighted by atomic mass is 32.2. The standard InChI is InChI=1S/C14H18N2O5S/c1-10-14(11(2)21-16-10)22(17,18)15-8-9-20-13-7-5-4-6-12(13)19-3/h4-7,15H,8-9H2,1-3H3. The van der Waals surface area contributed by atoms with Crippen LogP contribution >= 0.6 is 0 Å². The first kappa shape index (κ1) is 16.3. The molecule has 0 unspecified atom stereocenters. The van der Waals surface area contributed by atoms with Crippen molar-refractivity contribution in [3.8, 4) is 11.5 Å². The zero-order chi connectivity index (χ0) is 16.2. The highest BCUT2D eigenvalue weighted by molar-refractivity contribution is 7.89. The highest BCUT2D eigenvalue weighted by Crippen LogP contribution is 2.25. The second-order valence-electron chi connectivity index (χ2n) is 4.55. The predicted octanol–water partition coefficient (Wildman–Crippen LogP) is 1.66. The third-order valence-corrected chi connectivity index (χ3v) is 4.66. The minimum atomic E-state index is -3.67. The van der Waals surface area contributed by atoms with Gasteiger partial charge in [-0.05, 0) is 26.0 Å². The molecule has 0 fully saturated rings. The third kappa shape index (κ3) is 3.58. The molecule has 120 valence electrons. The van der Waals surface area contributed by atoms with E-state index in [1.165, 1.54) is 0 Å². The van der Waals surface area contributed by atoms with Gasteiger partial charge in [0, 0.05) is 6.54 Å². The van der Waals surface area contributed by atoms with Crippen LogP contribution in [0.1, 0.15) is 11.5 Å². The summed E-state index contributed by atoms with van der Waals surface area (Å²) in [7, 11) is -2.12. The number of hydrogen-bond acceptors (Lipinski definition) is 6. The van der Waals surface area contributed by atoms with E-state index in [4.69, 9.17) is 14.0 Å². The molecular weight excluding hydrogens is 308 g/mol. The Kier molecular flexibility index (Phi) is 5.04. The van der Waals surface area contributed by atoms with E-state index in [2.05, 4.69) is 9.88 Å². The van der Waals surface area contributed by atoms with Crippen molar-refractivity contribution in [2.75, 3.05) is 20.3 Å². The Morgan fingerprint density at radius 1 is 1.23 bits per heavy atom. The molecule has 0 atom stereocenters. The van der Waals surface area contributed by atoms with E-state index >= 15 is 0 Å². The van der Waals surface area contributed by atoms with Crippen LogP contribution in [0.2, 0.25) is 0 Å². The van der Waals surface area contributed by atoms with E-state index in [-0.39, 0.29) is 23.8 Å². The summed E-state index contributed by atoms with van der Waals surface area (Å²) in [4.78, 5) is 0.0739. The fourth-order valence-electron chi connectivity index (χ4n) is 2.01. The van der Waals surface area contributed by atoms with E-state index in [9.17, 15) is 8.42 Å². The Morgan fingerprint density at radius 3 is 2.50 bits per heavy atom. The summed E-state index contributed by atoms with van der Waals surface area (Å²) in [6.07, 6.45) is 0. The lowest BCUT2D eigenvalue weighted by Gasteiger charge is -2.11. The second-order valence-corrected chi connectivity index (χ2v) is 6.25. The zero-order valence-corrected chi connectivity index (χ0v) is 13.4. The number of para-hydroxylation sites is 2. The molecule has 0 saturated heterocycles. The van der Waals surface area contributed by atoms with Crippen LogP contribution in [0, 0.1) is 13.8 Å². The first-order chi connectivity index (χ1) is 10.5. The van der Waals surface area contributed by atoms with Gasteiger partial charge in [-0.15, -0.1) is 0 Å². The molecule has 1 aromatic heterocycles. The van der Waals surface area contributed by atoms with Crippen molar-refractivity contribution < 1.29 is 22.4 Å². The molecular formula is C14H18N2O5S. The quantitative estimate of drug-likeness (QED) is 0.778. The second kappa shape index (κ2) is 6.80. The van der Waals surface area contributed by atoms with Gasteiger partial charge in [0.1, 0.15) is 17.2 Å². The van der Waals surface area contributed by atoms with E-state index in [1.54, 1.807) is 33.1 Å². The topological polar surface area (TPSA) is 90.7 Å². The predicted molar refractivity (Wildman–Crippen MR) is 79.7 cm³/mol. The molecule has 2 rings (SSSR count). The van der Waals surface area contributed by atoms with Crippen LogP contribution in [-0.2, 0) is 10.0 Å². The van der Waals surface area contributed by atoms with Crippen LogP contribution in [0.3, 0.4) is 0 Å². The number of benzene rings is 1. The first-order valence-corrected chi connectivity index (χ1v) is 8.12. The number of methoxy groups -OCH3 is 1. The Morgan fingerprint density at radius 2 is 1.91 bits per heavy atom. The molecule has 0 radical (unpaired) electrons. The molecule has 7 nitrogen and oxygen atoms in total. The molecule has 0 amide bonds. The number of aromatic nitrogens is 1. The fourth-order valence-corrected chi connectivity index (χ4v) is 3.34. The number of rotatable bonds is 7.